The van der Waals surface area contributed by atoms with Crippen LogP contribution in [0.2, 0.25) is 0 Å². The van der Waals surface area contributed by atoms with Crippen molar-refractivity contribution >= 4 is 17.2 Å². The molecule has 3 heterocycles. The maximum Gasteiger partial charge on any atom is 0.258 e. The van der Waals surface area contributed by atoms with Crippen molar-refractivity contribution in [1.29, 1.82) is 0 Å². The molecule has 1 N–H and O–H groups in total. The van der Waals surface area contributed by atoms with Crippen molar-refractivity contribution < 1.29 is 9.32 Å². The minimum absolute atomic E-state index is 0.0327. The molecule has 0 radical (unpaired) electrons. The van der Waals surface area contributed by atoms with Crippen molar-refractivity contribution in [2.75, 3.05) is 13.1 Å². The lowest BCUT2D eigenvalue weighted by Crippen LogP contribution is -2.43. The molecule has 1 aliphatic heterocycles. The lowest BCUT2D eigenvalue weighted by atomic mass is 10.2. The summed E-state index contributed by atoms with van der Waals surface area (Å²) in [6.45, 7) is 1.63. The van der Waals surface area contributed by atoms with Crippen molar-refractivity contribution in [3.05, 3.63) is 22.7 Å². The standard InChI is InChI=1S/C15H16N4O2S/c1-2-6-19-7-3-4-12(19)14(20)16-9-13-17-15(21-18-13)11-5-8-22-10-11/h1,5,8,10,12H,3-4,6-7,9H2,(H,16,20)/t12-/m0/s1. The summed E-state index contributed by atoms with van der Waals surface area (Å²) >= 11 is 1.56. The molecule has 3 rings (SSSR count). The number of carbonyl (C=O) groups excluding carboxylic acids is 1. The summed E-state index contributed by atoms with van der Waals surface area (Å²) in [6.07, 6.45) is 7.15. The van der Waals surface area contributed by atoms with Crippen LogP contribution in [0.5, 0.6) is 0 Å². The summed E-state index contributed by atoms with van der Waals surface area (Å²) in [6, 6.07) is 1.76. The van der Waals surface area contributed by atoms with Gasteiger partial charge in [0, 0.05) is 5.38 Å². The second-order valence-corrected chi connectivity index (χ2v) is 5.86. The molecule has 6 nitrogen and oxygen atoms in total. The third kappa shape index (κ3) is 3.18. The number of likely N-dealkylation sites (tertiary alicyclic amines) is 1. The third-order valence-corrected chi connectivity index (χ3v) is 4.30. The Morgan fingerprint density at radius 3 is 3.32 bits per heavy atom. The van der Waals surface area contributed by atoms with Gasteiger partial charge in [-0.2, -0.15) is 16.3 Å². The van der Waals surface area contributed by atoms with Crippen LogP contribution in [-0.4, -0.2) is 40.1 Å². The second kappa shape index (κ2) is 6.73. The van der Waals surface area contributed by atoms with Crippen LogP contribution in [0.15, 0.2) is 21.3 Å². The minimum atomic E-state index is -0.153. The van der Waals surface area contributed by atoms with Crippen molar-refractivity contribution in [2.45, 2.75) is 25.4 Å². The van der Waals surface area contributed by atoms with Gasteiger partial charge in [0.05, 0.1) is 24.7 Å². The maximum atomic E-state index is 12.2. The Hall–Kier alpha value is -2.17. The van der Waals surface area contributed by atoms with Crippen molar-refractivity contribution in [1.82, 2.24) is 20.4 Å². The Balaban J connectivity index is 1.56. The Labute approximate surface area is 132 Å². The van der Waals surface area contributed by atoms with Crippen LogP contribution in [0, 0.1) is 12.3 Å². The number of amides is 1. The molecule has 1 amide bonds. The highest BCUT2D eigenvalue weighted by atomic mass is 32.1. The van der Waals surface area contributed by atoms with Gasteiger partial charge in [-0.1, -0.05) is 11.1 Å². The fraction of sp³-hybridized carbons (Fsp3) is 0.400. The molecule has 2 aromatic heterocycles. The quantitative estimate of drug-likeness (QED) is 0.847. The predicted octanol–water partition coefficient (Wildman–Crippen LogP) is 1.51. The van der Waals surface area contributed by atoms with Crippen molar-refractivity contribution in [3.63, 3.8) is 0 Å². The number of aromatic nitrogens is 2. The van der Waals surface area contributed by atoms with Gasteiger partial charge in [-0.25, -0.2) is 0 Å². The van der Waals surface area contributed by atoms with Crippen LogP contribution in [0.25, 0.3) is 11.5 Å². The van der Waals surface area contributed by atoms with E-state index in [9.17, 15) is 4.79 Å². The fourth-order valence-corrected chi connectivity index (χ4v) is 3.17. The number of hydrogen-bond acceptors (Lipinski definition) is 6. The molecular weight excluding hydrogens is 300 g/mol. The molecule has 1 saturated heterocycles. The Kier molecular flexibility index (Phi) is 4.51. The van der Waals surface area contributed by atoms with Crippen LogP contribution in [0.1, 0.15) is 18.7 Å². The summed E-state index contributed by atoms with van der Waals surface area (Å²) in [5, 5.41) is 10.6. The van der Waals surface area contributed by atoms with Crippen molar-refractivity contribution in [3.8, 4) is 23.8 Å². The van der Waals surface area contributed by atoms with E-state index < -0.39 is 0 Å². The minimum Gasteiger partial charge on any atom is -0.347 e. The van der Waals surface area contributed by atoms with Crippen LogP contribution >= 0.6 is 11.3 Å². The van der Waals surface area contributed by atoms with Gasteiger partial charge in [-0.3, -0.25) is 9.69 Å². The van der Waals surface area contributed by atoms with E-state index in [0.29, 0.717) is 18.3 Å². The second-order valence-electron chi connectivity index (χ2n) is 5.08. The summed E-state index contributed by atoms with van der Waals surface area (Å²) in [7, 11) is 0. The first-order chi connectivity index (χ1) is 10.8. The molecule has 0 aromatic carbocycles. The van der Waals surface area contributed by atoms with Gasteiger partial charge in [0.15, 0.2) is 5.82 Å². The summed E-state index contributed by atoms with van der Waals surface area (Å²) in [4.78, 5) is 18.5. The Bertz CT molecular complexity index is 674. The summed E-state index contributed by atoms with van der Waals surface area (Å²) in [5.41, 5.74) is 0.895. The highest BCUT2D eigenvalue weighted by Crippen LogP contribution is 2.20. The highest BCUT2D eigenvalue weighted by molar-refractivity contribution is 7.08. The molecule has 0 unspecified atom stereocenters. The lowest BCUT2D eigenvalue weighted by Gasteiger charge is -2.20. The van der Waals surface area contributed by atoms with Crippen LogP contribution in [0.4, 0.5) is 0 Å². The van der Waals surface area contributed by atoms with E-state index in [4.69, 9.17) is 10.9 Å². The molecule has 7 heteroatoms. The molecule has 2 aromatic rings. The molecule has 1 atom stereocenters. The topological polar surface area (TPSA) is 71.3 Å². The summed E-state index contributed by atoms with van der Waals surface area (Å²) in [5.74, 6) is 3.50. The first-order valence-electron chi connectivity index (χ1n) is 7.08. The van der Waals surface area contributed by atoms with Crippen LogP contribution < -0.4 is 5.32 Å². The number of nitrogens with one attached hydrogen (secondary N) is 1. The van der Waals surface area contributed by atoms with E-state index in [2.05, 4.69) is 21.4 Å². The number of thiophene rings is 1. The first-order valence-corrected chi connectivity index (χ1v) is 8.02. The smallest absolute Gasteiger partial charge is 0.258 e. The van der Waals surface area contributed by atoms with Gasteiger partial charge in [0.25, 0.3) is 5.89 Å². The third-order valence-electron chi connectivity index (χ3n) is 3.62. The van der Waals surface area contributed by atoms with Crippen LogP contribution in [0.3, 0.4) is 0 Å². The number of carbonyl (C=O) groups is 1. The molecule has 1 aliphatic rings. The average Bonchev–Trinajstić information content (AvgIpc) is 3.25. The Morgan fingerprint density at radius 2 is 2.55 bits per heavy atom. The predicted molar refractivity (Wildman–Crippen MR) is 82.9 cm³/mol. The van der Waals surface area contributed by atoms with Gasteiger partial charge in [-0.15, -0.1) is 6.42 Å². The monoisotopic (exact) mass is 316 g/mol. The SMILES string of the molecule is C#CCN1CCC[C@H]1C(=O)NCc1noc(-c2ccsc2)n1. The number of rotatable bonds is 5. The largest absolute Gasteiger partial charge is 0.347 e. The van der Waals surface area contributed by atoms with E-state index in [0.717, 1.165) is 24.9 Å². The van der Waals surface area contributed by atoms with Gasteiger partial charge in [0.2, 0.25) is 5.91 Å². The molecular formula is C15H16N4O2S. The zero-order chi connectivity index (χ0) is 15.4. The van der Waals surface area contributed by atoms with Gasteiger partial charge in [-0.05, 0) is 30.8 Å². The number of terminal acetylenes is 1. The molecule has 22 heavy (non-hydrogen) atoms. The first kappa shape index (κ1) is 14.8. The molecule has 0 saturated carbocycles. The lowest BCUT2D eigenvalue weighted by molar-refractivity contribution is -0.125. The van der Waals surface area contributed by atoms with Crippen molar-refractivity contribution in [2.24, 2.45) is 0 Å². The zero-order valence-corrected chi connectivity index (χ0v) is 12.8. The number of hydrogen-bond donors (Lipinski definition) is 1. The van der Waals surface area contributed by atoms with Gasteiger partial charge >= 0.3 is 0 Å². The Morgan fingerprint density at radius 1 is 1.64 bits per heavy atom. The normalized spacial score (nSPS) is 18.2. The van der Waals surface area contributed by atoms with E-state index in [1.54, 1.807) is 11.3 Å². The van der Waals surface area contributed by atoms with Gasteiger partial charge in [0.1, 0.15) is 0 Å². The molecule has 0 spiro atoms. The molecule has 0 bridgehead atoms. The highest BCUT2D eigenvalue weighted by Gasteiger charge is 2.29. The number of nitrogens with zero attached hydrogens (tertiary/aromatic N) is 3. The zero-order valence-electron chi connectivity index (χ0n) is 12.0. The maximum absolute atomic E-state index is 12.2. The molecule has 114 valence electrons. The molecule has 0 aliphatic carbocycles. The average molecular weight is 316 g/mol. The molecule has 1 fully saturated rings. The fourth-order valence-electron chi connectivity index (χ4n) is 2.54. The van der Waals surface area contributed by atoms with Crippen LogP contribution in [-0.2, 0) is 11.3 Å². The van der Waals surface area contributed by atoms with Gasteiger partial charge < -0.3 is 9.84 Å². The van der Waals surface area contributed by atoms with E-state index in [-0.39, 0.29) is 18.5 Å². The summed E-state index contributed by atoms with van der Waals surface area (Å²) < 4.78 is 5.18. The van der Waals surface area contributed by atoms with E-state index >= 15 is 0 Å². The van der Waals surface area contributed by atoms with E-state index in [1.165, 1.54) is 0 Å². The van der Waals surface area contributed by atoms with E-state index in [1.807, 2.05) is 21.7 Å².